The van der Waals surface area contributed by atoms with Gasteiger partial charge in [0.05, 0.1) is 11.0 Å². The van der Waals surface area contributed by atoms with E-state index >= 15 is 0 Å². The maximum absolute atomic E-state index is 13.6. The Morgan fingerprint density at radius 3 is 2.56 bits per heavy atom. The van der Waals surface area contributed by atoms with Crippen LogP contribution in [0.2, 0.25) is 0 Å². The first kappa shape index (κ1) is 15.1. The summed E-state index contributed by atoms with van der Waals surface area (Å²) in [6, 6.07) is 17.9. The van der Waals surface area contributed by atoms with E-state index in [2.05, 4.69) is 15.3 Å². The molecule has 2 aromatic carbocycles. The van der Waals surface area contributed by atoms with Crippen molar-refractivity contribution in [2.24, 2.45) is 7.05 Å². The minimum Gasteiger partial charge on any atom is -0.436 e. The molecular weight excluding hydrogens is 319 g/mol. The van der Waals surface area contributed by atoms with Crippen LogP contribution in [0, 0.1) is 5.82 Å². The van der Waals surface area contributed by atoms with Gasteiger partial charge in [0.2, 0.25) is 5.95 Å². The van der Waals surface area contributed by atoms with Crippen molar-refractivity contribution in [1.29, 1.82) is 0 Å². The maximum Gasteiger partial charge on any atom is 0.255 e. The molecule has 0 amide bonds. The van der Waals surface area contributed by atoms with Gasteiger partial charge in [-0.2, -0.15) is 0 Å². The van der Waals surface area contributed by atoms with Crippen molar-refractivity contribution in [2.75, 3.05) is 5.32 Å². The van der Waals surface area contributed by atoms with Crippen LogP contribution in [-0.4, -0.2) is 14.5 Å². The molecule has 0 saturated carbocycles. The third kappa shape index (κ3) is 3.01. The second kappa shape index (κ2) is 6.24. The van der Waals surface area contributed by atoms with Crippen LogP contribution >= 0.6 is 0 Å². The molecule has 0 unspecified atom stereocenters. The van der Waals surface area contributed by atoms with E-state index in [4.69, 9.17) is 4.74 Å². The Kier molecular flexibility index (Phi) is 3.78. The van der Waals surface area contributed by atoms with Gasteiger partial charge in [0, 0.05) is 18.9 Å². The highest BCUT2D eigenvalue weighted by Crippen LogP contribution is 2.25. The standard InChI is InChI=1S/C19H15FN4O/c1-24-17-7-3-2-6-16(17)23-19(24)22-13-8-10-14(11-9-13)25-18-15(20)5-4-12-21-18/h2-12H,1H3,(H,22,23). The van der Waals surface area contributed by atoms with E-state index < -0.39 is 5.82 Å². The van der Waals surface area contributed by atoms with E-state index in [0.29, 0.717) is 5.75 Å². The third-order valence-corrected chi connectivity index (χ3v) is 3.84. The molecule has 4 aromatic rings. The number of nitrogens with zero attached hydrogens (tertiary/aromatic N) is 3. The summed E-state index contributed by atoms with van der Waals surface area (Å²) in [5, 5.41) is 3.27. The summed E-state index contributed by atoms with van der Waals surface area (Å²) in [7, 11) is 1.96. The maximum atomic E-state index is 13.6. The predicted octanol–water partition coefficient (Wildman–Crippen LogP) is 4.64. The molecule has 0 atom stereocenters. The fourth-order valence-electron chi connectivity index (χ4n) is 2.55. The highest BCUT2D eigenvalue weighted by Gasteiger charge is 2.08. The van der Waals surface area contributed by atoms with Crippen molar-refractivity contribution in [3.63, 3.8) is 0 Å². The van der Waals surface area contributed by atoms with Gasteiger partial charge in [-0.15, -0.1) is 0 Å². The zero-order valence-electron chi connectivity index (χ0n) is 13.5. The number of anilines is 2. The number of benzene rings is 2. The van der Waals surface area contributed by atoms with Gasteiger partial charge >= 0.3 is 0 Å². The fraction of sp³-hybridized carbons (Fsp3) is 0.0526. The molecule has 2 aromatic heterocycles. The molecule has 0 aliphatic carbocycles. The molecule has 1 N–H and O–H groups in total. The molecule has 4 rings (SSSR count). The number of imidazole rings is 1. The second-order valence-electron chi connectivity index (χ2n) is 5.52. The van der Waals surface area contributed by atoms with E-state index in [-0.39, 0.29) is 5.88 Å². The van der Waals surface area contributed by atoms with Gasteiger partial charge in [-0.05, 0) is 48.5 Å². The Morgan fingerprint density at radius 2 is 1.80 bits per heavy atom. The number of aryl methyl sites for hydroxylation is 1. The first-order valence-corrected chi connectivity index (χ1v) is 7.77. The first-order chi connectivity index (χ1) is 12.2. The molecule has 0 saturated heterocycles. The Balaban J connectivity index is 1.54. The van der Waals surface area contributed by atoms with Crippen LogP contribution in [0.4, 0.5) is 16.0 Å². The lowest BCUT2D eigenvalue weighted by Crippen LogP contribution is -1.99. The number of hydrogen-bond acceptors (Lipinski definition) is 4. The molecule has 2 heterocycles. The van der Waals surface area contributed by atoms with Gasteiger partial charge in [0.15, 0.2) is 5.82 Å². The summed E-state index contributed by atoms with van der Waals surface area (Å²) >= 11 is 0. The topological polar surface area (TPSA) is 52.0 Å². The molecular formula is C19H15FN4O. The summed E-state index contributed by atoms with van der Waals surface area (Å²) in [4.78, 5) is 8.44. The molecule has 5 nitrogen and oxygen atoms in total. The van der Waals surface area contributed by atoms with Crippen LogP contribution in [0.3, 0.4) is 0 Å². The van der Waals surface area contributed by atoms with Crippen LogP contribution in [0.15, 0.2) is 66.9 Å². The van der Waals surface area contributed by atoms with Gasteiger partial charge in [0.25, 0.3) is 5.88 Å². The highest BCUT2D eigenvalue weighted by atomic mass is 19.1. The van der Waals surface area contributed by atoms with Gasteiger partial charge in [-0.3, -0.25) is 0 Å². The SMILES string of the molecule is Cn1c(Nc2ccc(Oc3ncccc3F)cc2)nc2ccccc21. The van der Waals surface area contributed by atoms with Crippen LogP contribution in [0.5, 0.6) is 11.6 Å². The van der Waals surface area contributed by atoms with Crippen LogP contribution in [0.25, 0.3) is 11.0 Å². The van der Waals surface area contributed by atoms with E-state index in [9.17, 15) is 4.39 Å². The van der Waals surface area contributed by atoms with E-state index in [1.807, 2.05) is 48.0 Å². The Bertz CT molecular complexity index is 1030. The van der Waals surface area contributed by atoms with Crippen molar-refractivity contribution in [3.8, 4) is 11.6 Å². The van der Waals surface area contributed by atoms with Gasteiger partial charge in [0.1, 0.15) is 5.75 Å². The van der Waals surface area contributed by atoms with Crippen molar-refractivity contribution in [3.05, 3.63) is 72.7 Å². The number of aromatic nitrogens is 3. The molecule has 0 bridgehead atoms. The Hall–Kier alpha value is -3.41. The number of pyridine rings is 1. The smallest absolute Gasteiger partial charge is 0.255 e. The highest BCUT2D eigenvalue weighted by molar-refractivity contribution is 5.79. The van der Waals surface area contributed by atoms with Crippen LogP contribution in [0.1, 0.15) is 0 Å². The lowest BCUT2D eigenvalue weighted by Gasteiger charge is -2.08. The number of halogens is 1. The van der Waals surface area contributed by atoms with E-state index in [0.717, 1.165) is 22.7 Å². The van der Waals surface area contributed by atoms with Gasteiger partial charge in [-0.1, -0.05) is 12.1 Å². The fourth-order valence-corrected chi connectivity index (χ4v) is 2.55. The summed E-state index contributed by atoms with van der Waals surface area (Å²) in [6.45, 7) is 0. The summed E-state index contributed by atoms with van der Waals surface area (Å²) in [5.41, 5.74) is 2.83. The normalized spacial score (nSPS) is 10.8. The number of ether oxygens (including phenoxy) is 1. The molecule has 25 heavy (non-hydrogen) atoms. The minimum atomic E-state index is -0.496. The summed E-state index contributed by atoms with van der Waals surface area (Å²) in [5.74, 6) is 0.710. The first-order valence-electron chi connectivity index (χ1n) is 7.77. The minimum absolute atomic E-state index is 0.0430. The Morgan fingerprint density at radius 1 is 1.00 bits per heavy atom. The second-order valence-corrected chi connectivity index (χ2v) is 5.52. The van der Waals surface area contributed by atoms with Crippen molar-refractivity contribution in [1.82, 2.24) is 14.5 Å². The van der Waals surface area contributed by atoms with E-state index in [1.54, 1.807) is 12.1 Å². The average Bonchev–Trinajstić information content (AvgIpc) is 2.95. The van der Waals surface area contributed by atoms with Crippen molar-refractivity contribution in [2.45, 2.75) is 0 Å². The third-order valence-electron chi connectivity index (χ3n) is 3.84. The van der Waals surface area contributed by atoms with Crippen LogP contribution in [-0.2, 0) is 7.05 Å². The molecule has 0 radical (unpaired) electrons. The lowest BCUT2D eigenvalue weighted by molar-refractivity contribution is 0.423. The molecule has 124 valence electrons. The van der Waals surface area contributed by atoms with E-state index in [1.165, 1.54) is 18.3 Å². The van der Waals surface area contributed by atoms with Crippen molar-refractivity contribution >= 4 is 22.7 Å². The van der Waals surface area contributed by atoms with Crippen LogP contribution < -0.4 is 10.1 Å². The Labute approximate surface area is 143 Å². The number of para-hydroxylation sites is 2. The quantitative estimate of drug-likeness (QED) is 0.590. The van der Waals surface area contributed by atoms with Gasteiger partial charge < -0.3 is 14.6 Å². The van der Waals surface area contributed by atoms with Gasteiger partial charge in [-0.25, -0.2) is 14.4 Å². The number of nitrogens with one attached hydrogen (secondary N) is 1. The number of rotatable bonds is 4. The predicted molar refractivity (Wildman–Crippen MR) is 94.7 cm³/mol. The molecule has 0 spiro atoms. The summed E-state index contributed by atoms with van der Waals surface area (Å²) in [6.07, 6.45) is 1.49. The molecule has 0 fully saturated rings. The molecule has 0 aliphatic heterocycles. The number of fused-ring (bicyclic) bond motifs is 1. The van der Waals surface area contributed by atoms with Crippen molar-refractivity contribution < 1.29 is 9.13 Å². The zero-order chi connectivity index (χ0) is 17.2. The molecule has 6 heteroatoms. The average molecular weight is 334 g/mol. The lowest BCUT2D eigenvalue weighted by atomic mass is 10.3. The molecule has 0 aliphatic rings. The monoisotopic (exact) mass is 334 g/mol. The number of hydrogen-bond donors (Lipinski definition) is 1. The summed E-state index contributed by atoms with van der Waals surface area (Å²) < 4.78 is 21.0. The largest absolute Gasteiger partial charge is 0.436 e. The zero-order valence-corrected chi connectivity index (χ0v) is 13.5.